The van der Waals surface area contributed by atoms with E-state index in [0.29, 0.717) is 0 Å². The zero-order valence-electron chi connectivity index (χ0n) is 7.42. The van der Waals surface area contributed by atoms with Crippen LogP contribution in [0.2, 0.25) is 0 Å². The van der Waals surface area contributed by atoms with Crippen molar-refractivity contribution in [3.63, 3.8) is 0 Å². The normalized spacial score (nSPS) is 9.92. The summed E-state index contributed by atoms with van der Waals surface area (Å²) in [5.41, 5.74) is 0. The van der Waals surface area contributed by atoms with Crippen LogP contribution in [0.3, 0.4) is 0 Å². The van der Waals surface area contributed by atoms with E-state index in [1.807, 2.05) is 0 Å². The van der Waals surface area contributed by atoms with Gasteiger partial charge in [-0.05, 0) is 6.92 Å². The maximum Gasteiger partial charge on any atom is 0.325 e. The fourth-order valence-electron chi connectivity index (χ4n) is 0.645. The summed E-state index contributed by atoms with van der Waals surface area (Å²) in [6.45, 7) is 1.83. The number of esters is 1. The Balaban J connectivity index is 3.92. The number of alkyl halides is 2. The van der Waals surface area contributed by atoms with E-state index in [1.54, 1.807) is 6.92 Å². The number of likely N-dealkylation sites (N-methyl/N-ethyl adjacent to an activating group) is 1. The van der Waals surface area contributed by atoms with Crippen LogP contribution < -0.4 is 0 Å². The molecule has 0 saturated carbocycles. The van der Waals surface area contributed by atoms with Crippen molar-refractivity contribution in [1.29, 1.82) is 0 Å². The molecule has 0 aromatic rings. The molecule has 0 rings (SSSR count). The SMILES string of the molecule is CCOC(=O)CN(C)C(=O)C(Cl)Cl. The van der Waals surface area contributed by atoms with E-state index in [-0.39, 0.29) is 13.2 Å². The fraction of sp³-hybridized carbons (Fsp3) is 0.714. The minimum atomic E-state index is -1.14. The molecule has 6 heteroatoms. The quantitative estimate of drug-likeness (QED) is 0.528. The summed E-state index contributed by atoms with van der Waals surface area (Å²) in [6.07, 6.45) is 0. The molecular weight excluding hydrogens is 217 g/mol. The first-order valence-corrected chi connectivity index (χ1v) is 4.55. The van der Waals surface area contributed by atoms with Gasteiger partial charge in [0.1, 0.15) is 6.54 Å². The molecule has 0 unspecified atom stereocenters. The van der Waals surface area contributed by atoms with Crippen LogP contribution in [0.15, 0.2) is 0 Å². The lowest BCUT2D eigenvalue weighted by molar-refractivity contribution is -0.147. The number of ether oxygens (including phenoxy) is 1. The molecule has 0 aromatic heterocycles. The molecule has 4 nitrogen and oxygen atoms in total. The summed E-state index contributed by atoms with van der Waals surface area (Å²) in [4.78, 5) is 21.9. The average Bonchev–Trinajstić information content (AvgIpc) is 2.03. The van der Waals surface area contributed by atoms with Gasteiger partial charge in [-0.15, -0.1) is 0 Å². The van der Waals surface area contributed by atoms with Crippen molar-refractivity contribution in [2.45, 2.75) is 11.8 Å². The van der Waals surface area contributed by atoms with Gasteiger partial charge in [0.25, 0.3) is 5.91 Å². The molecule has 0 radical (unpaired) electrons. The standard InChI is InChI=1S/C7H11Cl2NO3/c1-3-13-5(11)4-10(2)7(12)6(8)9/h6H,3-4H2,1-2H3. The summed E-state index contributed by atoms with van der Waals surface area (Å²) < 4.78 is 4.62. The highest BCUT2D eigenvalue weighted by Crippen LogP contribution is 2.05. The summed E-state index contributed by atoms with van der Waals surface area (Å²) in [7, 11) is 1.43. The third-order valence-corrected chi connectivity index (χ3v) is 1.61. The lowest BCUT2D eigenvalue weighted by atomic mass is 10.5. The molecule has 0 aromatic carbocycles. The Morgan fingerprint density at radius 3 is 2.38 bits per heavy atom. The summed E-state index contributed by atoms with van der Waals surface area (Å²) >= 11 is 10.6. The van der Waals surface area contributed by atoms with Crippen LogP contribution in [-0.2, 0) is 14.3 Å². The molecule has 13 heavy (non-hydrogen) atoms. The predicted octanol–water partition coefficient (Wildman–Crippen LogP) is 0.812. The Hall–Kier alpha value is -0.480. The van der Waals surface area contributed by atoms with Crippen LogP contribution in [0.5, 0.6) is 0 Å². The number of carbonyl (C=O) groups is 2. The van der Waals surface area contributed by atoms with E-state index in [1.165, 1.54) is 7.05 Å². The Morgan fingerprint density at radius 1 is 1.46 bits per heavy atom. The number of amides is 1. The Bertz CT molecular complexity index is 196. The van der Waals surface area contributed by atoms with Gasteiger partial charge in [0.05, 0.1) is 6.61 Å². The van der Waals surface area contributed by atoms with Crippen molar-refractivity contribution in [2.75, 3.05) is 20.2 Å². The van der Waals surface area contributed by atoms with Crippen LogP contribution in [-0.4, -0.2) is 41.8 Å². The van der Waals surface area contributed by atoms with Crippen molar-refractivity contribution >= 4 is 35.1 Å². The minimum absolute atomic E-state index is 0.136. The average molecular weight is 228 g/mol. The van der Waals surface area contributed by atoms with Gasteiger partial charge in [-0.1, -0.05) is 23.2 Å². The van der Waals surface area contributed by atoms with Crippen LogP contribution in [0.25, 0.3) is 0 Å². The topological polar surface area (TPSA) is 46.6 Å². The highest BCUT2D eigenvalue weighted by Gasteiger charge is 2.19. The van der Waals surface area contributed by atoms with Crippen molar-refractivity contribution in [1.82, 2.24) is 4.90 Å². The number of hydrogen-bond donors (Lipinski definition) is 0. The van der Waals surface area contributed by atoms with Gasteiger partial charge in [0.2, 0.25) is 0 Å². The van der Waals surface area contributed by atoms with E-state index in [2.05, 4.69) is 4.74 Å². The number of hydrogen-bond acceptors (Lipinski definition) is 3. The second kappa shape index (κ2) is 6.05. The molecule has 0 aliphatic carbocycles. The highest BCUT2D eigenvalue weighted by atomic mass is 35.5. The minimum Gasteiger partial charge on any atom is -0.465 e. The monoisotopic (exact) mass is 227 g/mol. The van der Waals surface area contributed by atoms with Crippen molar-refractivity contribution in [3.05, 3.63) is 0 Å². The van der Waals surface area contributed by atoms with E-state index in [0.717, 1.165) is 4.90 Å². The predicted molar refractivity (Wildman–Crippen MR) is 49.8 cm³/mol. The smallest absolute Gasteiger partial charge is 0.325 e. The maximum atomic E-state index is 11.0. The largest absolute Gasteiger partial charge is 0.465 e. The van der Waals surface area contributed by atoms with Crippen LogP contribution in [0.4, 0.5) is 0 Å². The first-order valence-electron chi connectivity index (χ1n) is 3.67. The molecule has 0 bridgehead atoms. The van der Waals surface area contributed by atoms with Gasteiger partial charge in [-0.2, -0.15) is 0 Å². The van der Waals surface area contributed by atoms with E-state index < -0.39 is 16.7 Å². The van der Waals surface area contributed by atoms with E-state index in [4.69, 9.17) is 23.2 Å². The molecule has 0 heterocycles. The summed E-state index contributed by atoms with van der Waals surface area (Å²) in [6, 6.07) is 0. The Labute approximate surface area is 86.7 Å². The molecule has 1 amide bonds. The number of halogens is 2. The number of nitrogens with zero attached hydrogens (tertiary/aromatic N) is 1. The molecular formula is C7H11Cl2NO3. The fourth-order valence-corrected chi connectivity index (χ4v) is 0.978. The van der Waals surface area contributed by atoms with Crippen LogP contribution in [0, 0.1) is 0 Å². The lowest BCUT2D eigenvalue weighted by Crippen LogP contribution is -2.36. The molecule has 0 saturated heterocycles. The lowest BCUT2D eigenvalue weighted by Gasteiger charge is -2.15. The molecule has 0 fully saturated rings. The van der Waals surface area contributed by atoms with E-state index in [9.17, 15) is 9.59 Å². The molecule has 0 spiro atoms. The molecule has 0 aliphatic heterocycles. The van der Waals surface area contributed by atoms with Gasteiger partial charge in [0.15, 0.2) is 4.84 Å². The van der Waals surface area contributed by atoms with Crippen molar-refractivity contribution < 1.29 is 14.3 Å². The maximum absolute atomic E-state index is 11.0. The second-order valence-electron chi connectivity index (χ2n) is 2.30. The third kappa shape index (κ3) is 4.95. The Kier molecular flexibility index (Phi) is 5.82. The van der Waals surface area contributed by atoms with Gasteiger partial charge in [-0.25, -0.2) is 0 Å². The van der Waals surface area contributed by atoms with Gasteiger partial charge in [0, 0.05) is 7.05 Å². The summed E-state index contributed by atoms with van der Waals surface area (Å²) in [5, 5.41) is 0. The number of carbonyl (C=O) groups excluding carboxylic acids is 2. The third-order valence-electron chi connectivity index (χ3n) is 1.23. The first kappa shape index (κ1) is 12.5. The first-order chi connectivity index (χ1) is 5.99. The van der Waals surface area contributed by atoms with Crippen LogP contribution >= 0.6 is 23.2 Å². The zero-order chi connectivity index (χ0) is 10.4. The molecule has 0 aliphatic rings. The Morgan fingerprint density at radius 2 is 2.00 bits per heavy atom. The van der Waals surface area contributed by atoms with Gasteiger partial charge in [-0.3, -0.25) is 9.59 Å². The van der Waals surface area contributed by atoms with Gasteiger partial charge >= 0.3 is 5.97 Å². The summed E-state index contributed by atoms with van der Waals surface area (Å²) in [5.74, 6) is -0.997. The number of rotatable bonds is 4. The van der Waals surface area contributed by atoms with Crippen molar-refractivity contribution in [2.24, 2.45) is 0 Å². The van der Waals surface area contributed by atoms with Gasteiger partial charge < -0.3 is 9.64 Å². The van der Waals surface area contributed by atoms with Crippen molar-refractivity contribution in [3.8, 4) is 0 Å². The molecule has 0 atom stereocenters. The molecule has 0 N–H and O–H groups in total. The molecule has 76 valence electrons. The van der Waals surface area contributed by atoms with E-state index >= 15 is 0 Å². The second-order valence-corrected chi connectivity index (χ2v) is 3.40. The highest BCUT2D eigenvalue weighted by molar-refractivity contribution is 6.53. The van der Waals surface area contributed by atoms with Crippen LogP contribution in [0.1, 0.15) is 6.92 Å². The zero-order valence-corrected chi connectivity index (χ0v) is 8.93.